The van der Waals surface area contributed by atoms with Crippen molar-refractivity contribution in [2.45, 2.75) is 37.6 Å². The van der Waals surface area contributed by atoms with Crippen LogP contribution in [-0.2, 0) is 10.9 Å². The van der Waals surface area contributed by atoms with Crippen molar-refractivity contribution in [2.24, 2.45) is 5.73 Å². The summed E-state index contributed by atoms with van der Waals surface area (Å²) in [6.07, 6.45) is -2.50. The maximum Gasteiger partial charge on any atom is 0.416 e. The molecule has 6 heteroatoms. The van der Waals surface area contributed by atoms with Gasteiger partial charge < -0.3 is 15.8 Å². The third-order valence-corrected chi connectivity index (χ3v) is 3.90. The average molecular weight is 302 g/mol. The minimum Gasteiger partial charge on any atom is -0.374 e. The van der Waals surface area contributed by atoms with Crippen molar-refractivity contribution in [3.63, 3.8) is 0 Å². The monoisotopic (exact) mass is 302 g/mol. The molecule has 21 heavy (non-hydrogen) atoms. The first-order valence-electron chi connectivity index (χ1n) is 7.09. The first-order chi connectivity index (χ1) is 9.86. The van der Waals surface area contributed by atoms with Crippen LogP contribution in [0.2, 0.25) is 0 Å². The van der Waals surface area contributed by atoms with E-state index >= 15 is 0 Å². The molecule has 0 bridgehead atoms. The van der Waals surface area contributed by atoms with Crippen molar-refractivity contribution in [3.8, 4) is 0 Å². The molecule has 1 fully saturated rings. The topological polar surface area (TPSA) is 47.3 Å². The Morgan fingerprint density at radius 1 is 1.38 bits per heavy atom. The quantitative estimate of drug-likeness (QED) is 0.879. The Morgan fingerprint density at radius 2 is 2.10 bits per heavy atom. The van der Waals surface area contributed by atoms with Gasteiger partial charge >= 0.3 is 6.18 Å². The zero-order chi connectivity index (χ0) is 15.5. The molecule has 0 saturated carbocycles. The summed E-state index contributed by atoms with van der Waals surface area (Å²) in [5.41, 5.74) is 4.91. The first kappa shape index (κ1) is 16.3. The van der Waals surface area contributed by atoms with Crippen LogP contribution in [-0.4, -0.2) is 25.3 Å². The van der Waals surface area contributed by atoms with Crippen LogP contribution in [0, 0.1) is 0 Å². The van der Waals surface area contributed by atoms with E-state index in [1.54, 1.807) is 6.07 Å². The Kier molecular flexibility index (Phi) is 4.91. The smallest absolute Gasteiger partial charge is 0.374 e. The van der Waals surface area contributed by atoms with Crippen molar-refractivity contribution < 1.29 is 17.9 Å². The lowest BCUT2D eigenvalue weighted by Crippen LogP contribution is -2.41. The van der Waals surface area contributed by atoms with Gasteiger partial charge in [-0.1, -0.05) is 18.2 Å². The van der Waals surface area contributed by atoms with Gasteiger partial charge in [0.2, 0.25) is 0 Å². The Hall–Kier alpha value is -1.11. The van der Waals surface area contributed by atoms with Crippen molar-refractivity contribution >= 4 is 0 Å². The van der Waals surface area contributed by atoms with Gasteiger partial charge in [0.05, 0.1) is 11.2 Å². The van der Waals surface area contributed by atoms with Crippen LogP contribution in [0.4, 0.5) is 13.2 Å². The molecule has 2 rings (SSSR count). The molecule has 3 N–H and O–H groups in total. The fourth-order valence-electron chi connectivity index (χ4n) is 2.69. The van der Waals surface area contributed by atoms with Crippen LogP contribution >= 0.6 is 0 Å². The fourth-order valence-corrected chi connectivity index (χ4v) is 2.69. The molecule has 1 aromatic rings. The number of halogens is 3. The molecule has 1 aliphatic rings. The lowest BCUT2D eigenvalue weighted by molar-refractivity contribution is -0.138. The molecule has 1 heterocycles. The van der Waals surface area contributed by atoms with Gasteiger partial charge in [-0.3, -0.25) is 0 Å². The molecule has 118 valence electrons. The summed E-state index contributed by atoms with van der Waals surface area (Å²) in [7, 11) is 0. The van der Waals surface area contributed by atoms with E-state index in [2.05, 4.69) is 5.32 Å². The SMILES string of the molecule is CC1(CNC(CN)c2ccccc2C(F)(F)F)CCCO1. The fraction of sp³-hybridized carbons (Fsp3) is 0.600. The van der Waals surface area contributed by atoms with Crippen LogP contribution in [0.1, 0.15) is 36.9 Å². The van der Waals surface area contributed by atoms with E-state index in [0.717, 1.165) is 18.9 Å². The first-order valence-corrected chi connectivity index (χ1v) is 7.09. The zero-order valence-electron chi connectivity index (χ0n) is 12.0. The molecule has 0 spiro atoms. The van der Waals surface area contributed by atoms with Gasteiger partial charge in [-0.2, -0.15) is 13.2 Å². The van der Waals surface area contributed by atoms with Gasteiger partial charge in [-0.25, -0.2) is 0 Å². The van der Waals surface area contributed by atoms with Gasteiger partial charge in [0.1, 0.15) is 0 Å². The largest absolute Gasteiger partial charge is 0.416 e. The summed E-state index contributed by atoms with van der Waals surface area (Å²) in [6.45, 7) is 3.26. The second kappa shape index (κ2) is 6.34. The molecule has 0 aromatic heterocycles. The van der Waals surface area contributed by atoms with Crippen molar-refractivity contribution in [3.05, 3.63) is 35.4 Å². The molecule has 1 aromatic carbocycles. The second-order valence-electron chi connectivity index (χ2n) is 5.66. The van der Waals surface area contributed by atoms with E-state index in [1.165, 1.54) is 12.1 Å². The standard InChI is InChI=1S/C15H21F3N2O/c1-14(7-4-8-21-14)10-20-13(9-19)11-5-2-3-6-12(11)15(16,17)18/h2-3,5-6,13,20H,4,7-10,19H2,1H3. The van der Waals surface area contributed by atoms with Gasteiger partial charge in [0.25, 0.3) is 0 Å². The summed E-state index contributed by atoms with van der Waals surface area (Å²) in [5.74, 6) is 0. The maximum absolute atomic E-state index is 13.1. The van der Waals surface area contributed by atoms with Gasteiger partial charge in [-0.15, -0.1) is 0 Å². The Morgan fingerprint density at radius 3 is 2.67 bits per heavy atom. The minimum atomic E-state index is -4.38. The maximum atomic E-state index is 13.1. The van der Waals surface area contributed by atoms with E-state index in [0.29, 0.717) is 13.2 Å². The molecular formula is C15H21F3N2O. The van der Waals surface area contributed by atoms with Gasteiger partial charge in [0, 0.05) is 25.7 Å². The summed E-state index contributed by atoms with van der Waals surface area (Å²) in [5, 5.41) is 3.13. The van der Waals surface area contributed by atoms with E-state index in [4.69, 9.17) is 10.5 Å². The predicted molar refractivity (Wildman–Crippen MR) is 74.8 cm³/mol. The highest BCUT2D eigenvalue weighted by Gasteiger charge is 2.35. The molecule has 2 unspecified atom stereocenters. The van der Waals surface area contributed by atoms with E-state index in [-0.39, 0.29) is 17.7 Å². The van der Waals surface area contributed by atoms with Crippen LogP contribution in [0.15, 0.2) is 24.3 Å². The van der Waals surface area contributed by atoms with Gasteiger partial charge in [0.15, 0.2) is 0 Å². The molecule has 1 aliphatic heterocycles. The average Bonchev–Trinajstić information content (AvgIpc) is 2.86. The molecular weight excluding hydrogens is 281 g/mol. The Balaban J connectivity index is 2.14. The third kappa shape index (κ3) is 3.96. The van der Waals surface area contributed by atoms with Crippen LogP contribution < -0.4 is 11.1 Å². The van der Waals surface area contributed by atoms with Crippen LogP contribution in [0.5, 0.6) is 0 Å². The Bertz CT molecular complexity index is 470. The molecule has 0 amide bonds. The highest BCUT2D eigenvalue weighted by atomic mass is 19.4. The van der Waals surface area contributed by atoms with E-state index in [1.807, 2.05) is 6.92 Å². The Labute approximate surface area is 122 Å². The molecule has 0 aliphatic carbocycles. The van der Waals surface area contributed by atoms with Crippen molar-refractivity contribution in [2.75, 3.05) is 19.7 Å². The number of benzene rings is 1. The number of nitrogens with two attached hydrogens (primary N) is 1. The predicted octanol–water partition coefficient (Wildman–Crippen LogP) is 2.86. The number of ether oxygens (including phenoxy) is 1. The lowest BCUT2D eigenvalue weighted by Gasteiger charge is -2.28. The summed E-state index contributed by atoms with van der Waals surface area (Å²) < 4.78 is 44.8. The number of nitrogens with one attached hydrogen (secondary N) is 1. The van der Waals surface area contributed by atoms with E-state index < -0.39 is 17.8 Å². The molecule has 1 saturated heterocycles. The summed E-state index contributed by atoms with van der Waals surface area (Å²) in [4.78, 5) is 0. The lowest BCUT2D eigenvalue weighted by atomic mass is 9.97. The zero-order valence-corrected chi connectivity index (χ0v) is 12.0. The molecule has 3 nitrogen and oxygen atoms in total. The highest BCUT2D eigenvalue weighted by Crippen LogP contribution is 2.34. The van der Waals surface area contributed by atoms with Crippen LogP contribution in [0.25, 0.3) is 0 Å². The summed E-state index contributed by atoms with van der Waals surface area (Å²) >= 11 is 0. The summed E-state index contributed by atoms with van der Waals surface area (Å²) in [6, 6.07) is 5.02. The number of hydrogen-bond acceptors (Lipinski definition) is 3. The number of rotatable bonds is 5. The van der Waals surface area contributed by atoms with Gasteiger partial charge in [-0.05, 0) is 31.4 Å². The van der Waals surface area contributed by atoms with Crippen molar-refractivity contribution in [1.82, 2.24) is 5.32 Å². The van der Waals surface area contributed by atoms with Crippen molar-refractivity contribution in [1.29, 1.82) is 0 Å². The van der Waals surface area contributed by atoms with Crippen LogP contribution in [0.3, 0.4) is 0 Å². The third-order valence-electron chi connectivity index (χ3n) is 3.90. The normalized spacial score (nSPS) is 24.2. The molecule has 0 radical (unpaired) electrons. The second-order valence-corrected chi connectivity index (χ2v) is 5.66. The molecule has 2 atom stereocenters. The highest BCUT2D eigenvalue weighted by molar-refractivity contribution is 5.32. The number of alkyl halides is 3. The minimum absolute atomic E-state index is 0.100. The number of hydrogen-bond donors (Lipinski definition) is 2. The van der Waals surface area contributed by atoms with E-state index in [9.17, 15) is 13.2 Å².